The van der Waals surface area contributed by atoms with Crippen molar-refractivity contribution in [2.75, 3.05) is 12.9 Å². The number of amides is 3. The van der Waals surface area contributed by atoms with Crippen molar-refractivity contribution in [3.8, 4) is 0 Å². The third-order valence-corrected chi connectivity index (χ3v) is 5.70. The van der Waals surface area contributed by atoms with E-state index >= 15 is 0 Å². The molecule has 1 aromatic rings. The fourth-order valence-corrected chi connectivity index (χ4v) is 4.30. The van der Waals surface area contributed by atoms with Crippen LogP contribution in [-0.2, 0) is 14.3 Å². The van der Waals surface area contributed by atoms with Crippen LogP contribution in [0.25, 0.3) is 0 Å². The van der Waals surface area contributed by atoms with Crippen LogP contribution in [0.1, 0.15) is 27.6 Å². The molecule has 1 saturated heterocycles. The second-order valence-electron chi connectivity index (χ2n) is 5.93. The second kappa shape index (κ2) is 7.53. The van der Waals surface area contributed by atoms with E-state index in [0.717, 1.165) is 20.8 Å². The van der Waals surface area contributed by atoms with E-state index < -0.39 is 35.2 Å². The number of rotatable bonds is 5. The minimum absolute atomic E-state index is 0.0384. The van der Waals surface area contributed by atoms with Gasteiger partial charge in [0.15, 0.2) is 6.04 Å². The van der Waals surface area contributed by atoms with Crippen molar-refractivity contribution >= 4 is 56.9 Å². The predicted octanol–water partition coefficient (Wildman–Crippen LogP) is 2.39. The molecule has 3 amide bonds. The molecule has 3 rings (SSSR count). The highest BCUT2D eigenvalue weighted by Crippen LogP contribution is 2.38. The first-order chi connectivity index (χ1) is 12.8. The SMILES string of the molecule is COC(=O)/C(=C(\C)CSCl)N1C(=O)[C@@H](N2C(=O)c3ccccc3C2=O)[C@@H]1Cl. The first-order valence-corrected chi connectivity index (χ1v) is 10.1. The van der Waals surface area contributed by atoms with Gasteiger partial charge in [0.25, 0.3) is 17.7 Å². The van der Waals surface area contributed by atoms with E-state index in [4.69, 9.17) is 27.0 Å². The highest BCUT2D eigenvalue weighted by molar-refractivity contribution is 8.21. The lowest BCUT2D eigenvalue weighted by molar-refractivity contribution is -0.153. The molecule has 27 heavy (non-hydrogen) atoms. The average Bonchev–Trinajstić information content (AvgIpc) is 2.91. The summed E-state index contributed by atoms with van der Waals surface area (Å²) in [4.78, 5) is 52.0. The lowest BCUT2D eigenvalue weighted by atomic mass is 10.0. The number of fused-ring (bicyclic) bond motifs is 1. The molecule has 2 heterocycles. The van der Waals surface area contributed by atoms with Crippen molar-refractivity contribution in [2.24, 2.45) is 0 Å². The van der Waals surface area contributed by atoms with E-state index in [9.17, 15) is 19.2 Å². The number of methoxy groups -OCH3 is 1. The Morgan fingerprint density at radius 2 is 1.74 bits per heavy atom. The number of β-lactam (4-membered cyclic amide) rings is 1. The van der Waals surface area contributed by atoms with Gasteiger partial charge in [-0.15, -0.1) is 0 Å². The molecule has 0 spiro atoms. The molecular formula is C17H14Cl2N2O5S. The van der Waals surface area contributed by atoms with Crippen LogP contribution in [0.5, 0.6) is 0 Å². The summed E-state index contributed by atoms with van der Waals surface area (Å²) in [6.45, 7) is 1.62. The quantitative estimate of drug-likeness (QED) is 0.179. The van der Waals surface area contributed by atoms with Crippen LogP contribution in [0.4, 0.5) is 0 Å². The van der Waals surface area contributed by atoms with E-state index in [1.165, 1.54) is 19.2 Å². The van der Waals surface area contributed by atoms with Crippen LogP contribution in [-0.4, -0.2) is 57.9 Å². The summed E-state index contributed by atoms with van der Waals surface area (Å²) in [6, 6.07) is 5.09. The van der Waals surface area contributed by atoms with Gasteiger partial charge < -0.3 is 4.74 Å². The third kappa shape index (κ3) is 3.01. The third-order valence-electron chi connectivity index (χ3n) is 4.40. The normalized spacial score (nSPS) is 22.4. The molecular weight excluding hydrogens is 415 g/mol. The van der Waals surface area contributed by atoms with Crippen LogP contribution in [0, 0.1) is 0 Å². The predicted molar refractivity (Wildman–Crippen MR) is 100 cm³/mol. The monoisotopic (exact) mass is 428 g/mol. The molecule has 0 aromatic heterocycles. The maximum absolute atomic E-state index is 12.8. The molecule has 0 unspecified atom stereocenters. The largest absolute Gasteiger partial charge is 0.464 e. The lowest BCUT2D eigenvalue weighted by Crippen LogP contribution is -2.69. The van der Waals surface area contributed by atoms with Crippen molar-refractivity contribution in [1.82, 2.24) is 9.80 Å². The van der Waals surface area contributed by atoms with Crippen LogP contribution >= 0.6 is 33.3 Å². The fraction of sp³-hybridized carbons (Fsp3) is 0.294. The molecule has 10 heteroatoms. The maximum atomic E-state index is 12.8. The molecule has 1 aromatic carbocycles. The standard InChI is InChI=1S/C17H14Cl2N2O5S/c1-8(7-27-19)11(17(25)26-2)20-13(18)12(16(20)24)21-14(22)9-5-3-4-6-10(9)15(21)23/h3-6,12-13H,7H2,1-2H3/b11-8-/t12-,13+/m0/s1. The van der Waals surface area contributed by atoms with E-state index in [1.54, 1.807) is 19.1 Å². The summed E-state index contributed by atoms with van der Waals surface area (Å²) in [5.41, 5.74) is -0.207. The number of halogens is 2. The van der Waals surface area contributed by atoms with Crippen LogP contribution in [0.15, 0.2) is 35.5 Å². The van der Waals surface area contributed by atoms with Gasteiger partial charge in [-0.2, -0.15) is 0 Å². The Balaban J connectivity index is 1.92. The Hall–Kier alpha value is -2.03. The summed E-state index contributed by atoms with van der Waals surface area (Å²) in [5, 5.41) is 0. The number of hydrogen-bond donors (Lipinski definition) is 0. The topological polar surface area (TPSA) is 84.0 Å². The molecule has 0 saturated carbocycles. The maximum Gasteiger partial charge on any atom is 0.354 e. The molecule has 7 nitrogen and oxygen atoms in total. The van der Waals surface area contributed by atoms with Crippen molar-refractivity contribution in [3.05, 3.63) is 46.7 Å². The van der Waals surface area contributed by atoms with Crippen LogP contribution < -0.4 is 0 Å². The molecule has 0 aliphatic carbocycles. The lowest BCUT2D eigenvalue weighted by Gasteiger charge is -2.46. The minimum atomic E-state index is -1.20. The minimum Gasteiger partial charge on any atom is -0.464 e. The van der Waals surface area contributed by atoms with E-state index in [0.29, 0.717) is 5.57 Å². The van der Waals surface area contributed by atoms with Crippen LogP contribution in [0.3, 0.4) is 0 Å². The zero-order valence-electron chi connectivity index (χ0n) is 14.3. The van der Waals surface area contributed by atoms with Gasteiger partial charge in [-0.25, -0.2) is 4.79 Å². The first-order valence-electron chi connectivity index (χ1n) is 7.80. The van der Waals surface area contributed by atoms with Gasteiger partial charge in [-0.1, -0.05) is 34.7 Å². The number of esters is 1. The van der Waals surface area contributed by atoms with Gasteiger partial charge in [0.1, 0.15) is 11.2 Å². The number of carbonyl (C=O) groups is 4. The molecule has 2 aliphatic rings. The smallest absolute Gasteiger partial charge is 0.354 e. The summed E-state index contributed by atoms with van der Waals surface area (Å²) in [6.07, 6.45) is 0. The zero-order valence-corrected chi connectivity index (χ0v) is 16.6. The van der Waals surface area contributed by atoms with E-state index in [-0.39, 0.29) is 22.6 Å². The summed E-state index contributed by atoms with van der Waals surface area (Å²) >= 11 is 6.35. The highest BCUT2D eigenvalue weighted by Gasteiger charge is 2.58. The zero-order chi connectivity index (χ0) is 19.9. The van der Waals surface area contributed by atoms with Gasteiger partial charge in [0.05, 0.1) is 18.2 Å². The molecule has 0 radical (unpaired) electrons. The number of nitrogens with zero attached hydrogens (tertiary/aromatic N) is 2. The molecule has 2 atom stereocenters. The number of ether oxygens (including phenoxy) is 1. The molecule has 0 bridgehead atoms. The number of hydrogen-bond acceptors (Lipinski definition) is 6. The van der Waals surface area contributed by atoms with Gasteiger partial charge in [0, 0.05) is 5.75 Å². The Bertz CT molecular complexity index is 853. The van der Waals surface area contributed by atoms with Gasteiger partial charge >= 0.3 is 5.97 Å². The van der Waals surface area contributed by atoms with Crippen molar-refractivity contribution in [2.45, 2.75) is 18.5 Å². The van der Waals surface area contributed by atoms with E-state index in [1.807, 2.05) is 0 Å². The number of carbonyl (C=O) groups excluding carboxylic acids is 4. The summed E-state index contributed by atoms with van der Waals surface area (Å²) in [5.74, 6) is -2.30. The first kappa shape index (κ1) is 19.7. The molecule has 2 aliphatic heterocycles. The van der Waals surface area contributed by atoms with Crippen molar-refractivity contribution in [3.63, 3.8) is 0 Å². The van der Waals surface area contributed by atoms with E-state index in [2.05, 4.69) is 0 Å². The number of likely N-dealkylation sites (tertiary alicyclic amines) is 1. The summed E-state index contributed by atoms with van der Waals surface area (Å²) in [7, 11) is 7.77. The van der Waals surface area contributed by atoms with Gasteiger partial charge in [-0.3, -0.25) is 24.2 Å². The van der Waals surface area contributed by atoms with Crippen molar-refractivity contribution in [1.29, 1.82) is 0 Å². The summed E-state index contributed by atoms with van der Waals surface area (Å²) < 4.78 is 4.74. The number of alkyl halides is 1. The van der Waals surface area contributed by atoms with Crippen LogP contribution in [0.2, 0.25) is 0 Å². The number of imide groups is 1. The highest BCUT2D eigenvalue weighted by atomic mass is 35.7. The number of benzene rings is 1. The van der Waals surface area contributed by atoms with Crippen molar-refractivity contribution < 1.29 is 23.9 Å². The van der Waals surface area contributed by atoms with Gasteiger partial charge in [-0.05, 0) is 35.3 Å². The van der Waals surface area contributed by atoms with Gasteiger partial charge in [0.2, 0.25) is 0 Å². The second-order valence-corrected chi connectivity index (χ2v) is 7.53. The molecule has 0 N–H and O–H groups in total. The Labute approximate surface area is 168 Å². The molecule has 1 fully saturated rings. The Morgan fingerprint density at radius 3 is 2.19 bits per heavy atom. The molecule has 142 valence electrons. The Morgan fingerprint density at radius 1 is 1.19 bits per heavy atom. The fourth-order valence-electron chi connectivity index (χ4n) is 3.09. The Kier molecular flexibility index (Phi) is 5.50. The average molecular weight is 429 g/mol.